The molecule has 31 heavy (non-hydrogen) atoms. The lowest BCUT2D eigenvalue weighted by Crippen LogP contribution is -2.32. The van der Waals surface area contributed by atoms with Crippen LogP contribution in [0.5, 0.6) is 5.75 Å². The highest BCUT2D eigenvalue weighted by atomic mass is 16.8. The molecular formula is C24H24N2O5. The Morgan fingerprint density at radius 1 is 1.13 bits per heavy atom. The van der Waals surface area contributed by atoms with Crippen LogP contribution in [0.4, 0.5) is 0 Å². The molecule has 0 saturated carbocycles. The first-order chi connectivity index (χ1) is 15.1. The van der Waals surface area contributed by atoms with Crippen LogP contribution in [-0.2, 0) is 14.4 Å². The largest absolute Gasteiger partial charge is 0.497 e. The van der Waals surface area contributed by atoms with Crippen molar-refractivity contribution in [3.05, 3.63) is 71.4 Å². The molecule has 0 radical (unpaired) electrons. The molecule has 4 rings (SSSR count). The van der Waals surface area contributed by atoms with E-state index >= 15 is 0 Å². The van der Waals surface area contributed by atoms with Crippen LogP contribution in [0.3, 0.4) is 0 Å². The summed E-state index contributed by atoms with van der Waals surface area (Å²) in [6.45, 7) is 0.647. The van der Waals surface area contributed by atoms with Crippen molar-refractivity contribution in [2.75, 3.05) is 13.7 Å². The molecule has 2 aromatic carbocycles. The minimum Gasteiger partial charge on any atom is -0.497 e. The molecule has 1 atom stereocenters. The number of aromatic amines is 1. The van der Waals surface area contributed by atoms with E-state index in [0.29, 0.717) is 17.9 Å². The Kier molecular flexibility index (Phi) is 6.45. The second-order valence-corrected chi connectivity index (χ2v) is 7.30. The van der Waals surface area contributed by atoms with Crippen molar-refractivity contribution in [3.63, 3.8) is 0 Å². The molecule has 1 aliphatic rings. The van der Waals surface area contributed by atoms with Gasteiger partial charge < -0.3 is 14.5 Å². The highest BCUT2D eigenvalue weighted by Gasteiger charge is 2.15. The van der Waals surface area contributed by atoms with Gasteiger partial charge in [-0.05, 0) is 48.7 Å². The van der Waals surface area contributed by atoms with Crippen LogP contribution in [-0.4, -0.2) is 36.7 Å². The molecule has 1 amide bonds. The lowest BCUT2D eigenvalue weighted by Gasteiger charge is -2.21. The molecule has 1 aliphatic heterocycles. The highest BCUT2D eigenvalue weighted by Crippen LogP contribution is 2.23. The monoisotopic (exact) mass is 420 g/mol. The first kappa shape index (κ1) is 20.8. The summed E-state index contributed by atoms with van der Waals surface area (Å²) in [5.41, 5.74) is 5.10. The number of nitrogens with one attached hydrogen (secondary N) is 2. The minimum atomic E-state index is -0.387. The van der Waals surface area contributed by atoms with Crippen molar-refractivity contribution in [2.45, 2.75) is 25.6 Å². The molecule has 1 unspecified atom stereocenters. The molecule has 2 N–H and O–H groups in total. The fourth-order valence-corrected chi connectivity index (χ4v) is 3.39. The zero-order valence-corrected chi connectivity index (χ0v) is 17.2. The summed E-state index contributed by atoms with van der Waals surface area (Å²) in [4.78, 5) is 33.1. The molecule has 7 heteroatoms. The van der Waals surface area contributed by atoms with E-state index in [1.807, 2.05) is 24.3 Å². The number of ether oxygens (including phenoxy) is 2. The number of rotatable bonds is 7. The molecule has 2 heterocycles. The zero-order chi connectivity index (χ0) is 21.6. The topological polar surface area (TPSA) is 89.7 Å². The second-order valence-electron chi connectivity index (χ2n) is 7.30. The Morgan fingerprint density at radius 3 is 2.71 bits per heavy atom. The summed E-state index contributed by atoms with van der Waals surface area (Å²) < 4.78 is 10.6. The van der Waals surface area contributed by atoms with E-state index in [-0.39, 0.29) is 18.0 Å². The number of fused-ring (bicyclic) bond motifs is 1. The smallest absolute Gasteiger partial charge is 0.267 e. The summed E-state index contributed by atoms with van der Waals surface area (Å²) in [6, 6.07) is 14.5. The third kappa shape index (κ3) is 5.20. The number of aromatic nitrogens is 1. The van der Waals surface area contributed by atoms with E-state index in [2.05, 4.69) is 10.5 Å². The van der Waals surface area contributed by atoms with Gasteiger partial charge in [0, 0.05) is 35.6 Å². The summed E-state index contributed by atoms with van der Waals surface area (Å²) in [5, 5.41) is 0.911. The third-order valence-corrected chi connectivity index (χ3v) is 5.10. The Balaban J connectivity index is 1.36. The van der Waals surface area contributed by atoms with Crippen LogP contribution in [0.2, 0.25) is 0 Å². The van der Waals surface area contributed by atoms with Crippen LogP contribution in [0.15, 0.2) is 54.6 Å². The fraction of sp³-hybridized carbons (Fsp3) is 0.250. The highest BCUT2D eigenvalue weighted by molar-refractivity contribution is 6.10. The molecule has 160 valence electrons. The molecule has 0 bridgehead atoms. The van der Waals surface area contributed by atoms with Crippen LogP contribution < -0.4 is 10.2 Å². The van der Waals surface area contributed by atoms with E-state index in [9.17, 15) is 9.59 Å². The molecular weight excluding hydrogens is 396 g/mol. The predicted octanol–water partition coefficient (Wildman–Crippen LogP) is 4.00. The molecule has 7 nitrogen and oxygen atoms in total. The molecule has 1 aromatic heterocycles. The quantitative estimate of drug-likeness (QED) is 0.343. The zero-order valence-electron chi connectivity index (χ0n) is 17.2. The van der Waals surface area contributed by atoms with Gasteiger partial charge in [-0.2, -0.15) is 0 Å². The number of H-pyrrole nitrogens is 1. The van der Waals surface area contributed by atoms with Gasteiger partial charge in [0.15, 0.2) is 6.29 Å². The maximum Gasteiger partial charge on any atom is 0.267 e. The summed E-state index contributed by atoms with van der Waals surface area (Å²) in [5.74, 6) is 0.259. The SMILES string of the molecule is COc1ccc2[nH]c(C(=O)c3ccc(/C=C/C(=O)NOC4CCCCO4)cc3)cc2c1. The van der Waals surface area contributed by atoms with Crippen molar-refractivity contribution >= 4 is 28.7 Å². The van der Waals surface area contributed by atoms with Crippen LogP contribution in [0.1, 0.15) is 40.9 Å². The lowest BCUT2D eigenvalue weighted by atomic mass is 10.1. The Bertz CT molecular complexity index is 1090. The van der Waals surface area contributed by atoms with Crippen molar-refractivity contribution < 1.29 is 23.9 Å². The number of hydrogen-bond donors (Lipinski definition) is 2. The van der Waals surface area contributed by atoms with E-state index in [1.54, 1.807) is 37.5 Å². The standard InChI is InChI=1S/C24H24N2O5/c1-29-19-10-11-20-18(14-19)15-21(25-20)24(28)17-8-5-16(6-9-17)7-12-22(27)26-31-23-4-2-3-13-30-23/h5-12,14-15,23,25H,2-4,13H2,1H3,(H,26,27)/b12-7+. The predicted molar refractivity (Wildman–Crippen MR) is 117 cm³/mol. The number of amides is 1. The van der Waals surface area contributed by atoms with Crippen molar-refractivity contribution in [2.24, 2.45) is 0 Å². The molecule has 1 fully saturated rings. The van der Waals surface area contributed by atoms with Gasteiger partial charge >= 0.3 is 0 Å². The number of methoxy groups -OCH3 is 1. The molecule has 0 spiro atoms. The maximum atomic E-state index is 12.8. The van der Waals surface area contributed by atoms with Crippen LogP contribution >= 0.6 is 0 Å². The first-order valence-corrected chi connectivity index (χ1v) is 10.2. The van der Waals surface area contributed by atoms with Crippen molar-refractivity contribution in [3.8, 4) is 5.75 Å². The fourth-order valence-electron chi connectivity index (χ4n) is 3.39. The van der Waals surface area contributed by atoms with E-state index in [0.717, 1.165) is 41.5 Å². The minimum absolute atomic E-state index is 0.107. The van der Waals surface area contributed by atoms with Crippen LogP contribution in [0, 0.1) is 0 Å². The van der Waals surface area contributed by atoms with Crippen LogP contribution in [0.25, 0.3) is 17.0 Å². The van der Waals surface area contributed by atoms with Gasteiger partial charge in [-0.25, -0.2) is 10.3 Å². The summed E-state index contributed by atoms with van der Waals surface area (Å²) >= 11 is 0. The number of hydroxylamine groups is 1. The summed E-state index contributed by atoms with van der Waals surface area (Å²) in [7, 11) is 1.61. The van der Waals surface area contributed by atoms with Crippen molar-refractivity contribution in [1.29, 1.82) is 0 Å². The average Bonchev–Trinajstić information content (AvgIpc) is 3.25. The summed E-state index contributed by atoms with van der Waals surface area (Å²) in [6.07, 6.45) is 5.45. The number of ketones is 1. The van der Waals surface area contributed by atoms with Gasteiger partial charge in [0.05, 0.1) is 12.8 Å². The molecule has 0 aliphatic carbocycles. The van der Waals surface area contributed by atoms with Gasteiger partial charge in [-0.1, -0.05) is 24.3 Å². The second kappa shape index (κ2) is 9.59. The van der Waals surface area contributed by atoms with Gasteiger partial charge in [-0.15, -0.1) is 0 Å². The van der Waals surface area contributed by atoms with Gasteiger partial charge in [0.2, 0.25) is 5.78 Å². The van der Waals surface area contributed by atoms with Gasteiger partial charge in [-0.3, -0.25) is 9.59 Å². The maximum absolute atomic E-state index is 12.8. The molecule has 1 saturated heterocycles. The number of carbonyl (C=O) groups is 2. The van der Waals surface area contributed by atoms with E-state index in [1.165, 1.54) is 6.08 Å². The van der Waals surface area contributed by atoms with Gasteiger partial charge in [0.1, 0.15) is 5.75 Å². The van der Waals surface area contributed by atoms with Crippen molar-refractivity contribution in [1.82, 2.24) is 10.5 Å². The van der Waals surface area contributed by atoms with E-state index in [4.69, 9.17) is 14.3 Å². The molecule has 3 aromatic rings. The van der Waals surface area contributed by atoms with E-state index < -0.39 is 0 Å². The average molecular weight is 420 g/mol. The number of carbonyl (C=O) groups excluding carboxylic acids is 2. The lowest BCUT2D eigenvalue weighted by molar-refractivity contribution is -0.198. The Labute approximate surface area is 180 Å². The van der Waals surface area contributed by atoms with Gasteiger partial charge in [0.25, 0.3) is 5.91 Å². The normalized spacial score (nSPS) is 16.5. The number of benzene rings is 2. The number of hydrogen-bond acceptors (Lipinski definition) is 5. The Morgan fingerprint density at radius 2 is 1.97 bits per heavy atom. The Hall–Kier alpha value is -3.42. The third-order valence-electron chi connectivity index (χ3n) is 5.10. The first-order valence-electron chi connectivity index (χ1n) is 10.2.